The van der Waals surface area contributed by atoms with E-state index in [0.717, 1.165) is 29.7 Å². The Kier molecular flexibility index (Phi) is 6.40. The molecule has 7 heteroatoms. The zero-order valence-corrected chi connectivity index (χ0v) is 17.6. The van der Waals surface area contributed by atoms with Crippen LogP contribution >= 0.6 is 0 Å². The van der Waals surface area contributed by atoms with Gasteiger partial charge in [-0.1, -0.05) is 43.7 Å². The van der Waals surface area contributed by atoms with Gasteiger partial charge in [0.1, 0.15) is 5.69 Å². The Morgan fingerprint density at radius 3 is 2.77 bits per heavy atom. The first-order valence-electron chi connectivity index (χ1n) is 10.1. The summed E-state index contributed by atoms with van der Waals surface area (Å²) >= 11 is 0. The van der Waals surface area contributed by atoms with E-state index in [2.05, 4.69) is 21.9 Å². The summed E-state index contributed by atoms with van der Waals surface area (Å²) in [6.45, 7) is 3.99. The molecule has 1 aromatic heterocycles. The van der Waals surface area contributed by atoms with Crippen LogP contribution < -0.4 is 5.73 Å². The Bertz CT molecular complexity index is 997. The van der Waals surface area contributed by atoms with Crippen LogP contribution in [0.25, 0.3) is 6.08 Å². The number of ketones is 1. The van der Waals surface area contributed by atoms with Gasteiger partial charge in [-0.3, -0.25) is 19.5 Å². The van der Waals surface area contributed by atoms with Gasteiger partial charge in [0.15, 0.2) is 11.7 Å². The van der Waals surface area contributed by atoms with Crippen molar-refractivity contribution in [2.75, 3.05) is 7.05 Å². The minimum atomic E-state index is -0.751. The number of aromatic nitrogens is 2. The number of carbonyl (C=O) groups is 2. The number of hydrogen-bond donors (Lipinski definition) is 1. The van der Waals surface area contributed by atoms with Crippen molar-refractivity contribution in [3.63, 3.8) is 0 Å². The van der Waals surface area contributed by atoms with Crippen LogP contribution in [0.1, 0.15) is 60.4 Å². The summed E-state index contributed by atoms with van der Waals surface area (Å²) in [5.41, 5.74) is 7.89. The number of aliphatic imine (C=N–C) groups is 1. The number of carbonyl (C=O) groups excluding carboxylic acids is 2. The molecular weight excluding hydrogens is 378 g/mol. The highest BCUT2D eigenvalue weighted by atomic mass is 16.2. The first-order chi connectivity index (χ1) is 14.3. The fraction of sp³-hybridized carbons (Fsp3) is 0.348. The van der Waals surface area contributed by atoms with Crippen molar-refractivity contribution in [1.82, 2.24) is 14.9 Å². The average Bonchev–Trinajstić information content (AvgIpc) is 2.73. The zero-order valence-electron chi connectivity index (χ0n) is 17.6. The number of allylic oxidation sites excluding steroid dienone is 1. The zero-order chi connectivity index (χ0) is 21.7. The number of nitrogens with zero attached hydrogens (tertiary/aromatic N) is 4. The third kappa shape index (κ3) is 4.79. The largest absolute Gasteiger partial charge is 0.369 e. The van der Waals surface area contributed by atoms with Gasteiger partial charge in [-0.25, -0.2) is 9.98 Å². The number of rotatable bonds is 7. The van der Waals surface area contributed by atoms with Crippen molar-refractivity contribution in [3.05, 3.63) is 65.2 Å². The Labute approximate surface area is 176 Å². The Morgan fingerprint density at radius 2 is 2.10 bits per heavy atom. The smallest absolute Gasteiger partial charge is 0.231 e. The van der Waals surface area contributed by atoms with Gasteiger partial charge >= 0.3 is 0 Å². The SMILES string of the molecule is CCC/C=C/c1cnc(C(=O)Cc2cccc(C3(C)CC(=O)N(C)C(N)=N3)c2)cn1. The third-order valence-electron chi connectivity index (χ3n) is 5.19. The number of unbranched alkanes of at least 4 members (excludes halogenated alkanes) is 1. The topological polar surface area (TPSA) is 102 Å². The minimum absolute atomic E-state index is 0.0881. The van der Waals surface area contributed by atoms with Crippen molar-refractivity contribution in [2.24, 2.45) is 10.7 Å². The maximum absolute atomic E-state index is 12.7. The summed E-state index contributed by atoms with van der Waals surface area (Å²) in [6, 6.07) is 7.55. The van der Waals surface area contributed by atoms with Gasteiger partial charge in [0.05, 0.1) is 30.0 Å². The van der Waals surface area contributed by atoms with Gasteiger partial charge in [0.25, 0.3) is 0 Å². The molecule has 0 saturated heterocycles. The van der Waals surface area contributed by atoms with Gasteiger partial charge in [0, 0.05) is 13.5 Å². The molecule has 156 valence electrons. The first kappa shape index (κ1) is 21.4. The van der Waals surface area contributed by atoms with E-state index in [4.69, 9.17) is 5.73 Å². The molecule has 0 spiro atoms. The summed E-state index contributed by atoms with van der Waals surface area (Å²) in [5, 5.41) is 0. The van der Waals surface area contributed by atoms with E-state index < -0.39 is 5.54 Å². The second-order valence-corrected chi connectivity index (χ2v) is 7.69. The van der Waals surface area contributed by atoms with Crippen LogP contribution in [0, 0.1) is 0 Å². The summed E-state index contributed by atoms with van der Waals surface area (Å²) in [7, 11) is 1.61. The third-order valence-corrected chi connectivity index (χ3v) is 5.19. The molecule has 0 radical (unpaired) electrons. The Hall–Kier alpha value is -3.35. The lowest BCUT2D eigenvalue weighted by Crippen LogP contribution is -2.47. The monoisotopic (exact) mass is 405 g/mol. The van der Waals surface area contributed by atoms with E-state index in [1.54, 1.807) is 13.2 Å². The van der Waals surface area contributed by atoms with Crippen LogP contribution in [0.3, 0.4) is 0 Å². The van der Waals surface area contributed by atoms with E-state index in [9.17, 15) is 9.59 Å². The lowest BCUT2D eigenvalue weighted by molar-refractivity contribution is -0.128. The quantitative estimate of drug-likeness (QED) is 0.713. The van der Waals surface area contributed by atoms with Crippen molar-refractivity contribution in [3.8, 4) is 0 Å². The molecule has 0 fully saturated rings. The number of nitrogens with two attached hydrogens (primary N) is 1. The molecule has 0 aliphatic carbocycles. The van der Waals surface area contributed by atoms with Crippen LogP contribution in [0.15, 0.2) is 47.7 Å². The summed E-state index contributed by atoms with van der Waals surface area (Å²) in [5.74, 6) is -0.00947. The highest BCUT2D eigenvalue weighted by Gasteiger charge is 2.36. The van der Waals surface area contributed by atoms with Crippen molar-refractivity contribution in [2.45, 2.75) is 45.1 Å². The predicted molar refractivity (Wildman–Crippen MR) is 117 cm³/mol. The molecule has 1 aromatic carbocycles. The average molecular weight is 406 g/mol. The number of benzene rings is 1. The molecule has 1 unspecified atom stereocenters. The van der Waals surface area contributed by atoms with Crippen molar-refractivity contribution >= 4 is 23.7 Å². The van der Waals surface area contributed by atoms with Gasteiger partial charge in [-0.15, -0.1) is 0 Å². The number of guanidine groups is 1. The van der Waals surface area contributed by atoms with Crippen LogP contribution in [0.4, 0.5) is 0 Å². The molecule has 2 aromatic rings. The van der Waals surface area contributed by atoms with E-state index in [1.165, 1.54) is 11.1 Å². The Balaban J connectivity index is 1.75. The molecule has 3 rings (SSSR count). The van der Waals surface area contributed by atoms with E-state index in [0.29, 0.717) is 5.69 Å². The lowest BCUT2D eigenvalue weighted by atomic mass is 9.86. The molecule has 2 heterocycles. The molecule has 2 N–H and O–H groups in total. The molecule has 1 atom stereocenters. The molecule has 30 heavy (non-hydrogen) atoms. The lowest BCUT2D eigenvalue weighted by Gasteiger charge is -2.33. The predicted octanol–water partition coefficient (Wildman–Crippen LogP) is 3.11. The Morgan fingerprint density at radius 1 is 1.30 bits per heavy atom. The highest BCUT2D eigenvalue weighted by Crippen LogP contribution is 2.33. The molecule has 0 bridgehead atoms. The van der Waals surface area contributed by atoms with Gasteiger partial charge in [0.2, 0.25) is 5.91 Å². The second-order valence-electron chi connectivity index (χ2n) is 7.69. The van der Waals surface area contributed by atoms with Gasteiger partial charge in [-0.2, -0.15) is 0 Å². The molecule has 0 saturated carbocycles. The maximum atomic E-state index is 12.7. The number of amides is 1. The summed E-state index contributed by atoms with van der Waals surface area (Å²) in [4.78, 5) is 39.3. The molecule has 1 amide bonds. The number of Topliss-reactive ketones (excluding diaryl/α,β-unsaturated/α-hetero) is 1. The van der Waals surface area contributed by atoms with Crippen LogP contribution in [0.5, 0.6) is 0 Å². The van der Waals surface area contributed by atoms with E-state index in [-0.39, 0.29) is 30.5 Å². The fourth-order valence-corrected chi connectivity index (χ4v) is 3.31. The number of hydrogen-bond acceptors (Lipinski definition) is 6. The molecular formula is C23H27N5O2. The van der Waals surface area contributed by atoms with Crippen LogP contribution in [0.2, 0.25) is 0 Å². The standard InChI is InChI=1S/C23H27N5O2/c1-4-5-6-10-18-14-26-19(15-25-18)20(29)12-16-8-7-9-17(11-16)23(2)13-21(30)28(3)22(24)27-23/h6-11,14-15H,4-5,12-13H2,1-3H3,(H2,24,27)/b10-6+. The van der Waals surface area contributed by atoms with Crippen molar-refractivity contribution < 1.29 is 9.59 Å². The normalized spacial score (nSPS) is 19.2. The fourth-order valence-electron chi connectivity index (χ4n) is 3.31. The molecule has 1 aliphatic rings. The van der Waals surface area contributed by atoms with E-state index >= 15 is 0 Å². The second kappa shape index (κ2) is 8.98. The van der Waals surface area contributed by atoms with Gasteiger partial charge < -0.3 is 5.73 Å². The van der Waals surface area contributed by atoms with Gasteiger partial charge in [-0.05, 0) is 30.5 Å². The van der Waals surface area contributed by atoms with E-state index in [1.807, 2.05) is 43.3 Å². The maximum Gasteiger partial charge on any atom is 0.231 e. The first-order valence-corrected chi connectivity index (χ1v) is 10.1. The van der Waals surface area contributed by atoms with Crippen molar-refractivity contribution in [1.29, 1.82) is 0 Å². The molecule has 1 aliphatic heterocycles. The summed E-state index contributed by atoms with van der Waals surface area (Å²) in [6.07, 6.45) is 9.54. The molecule has 7 nitrogen and oxygen atoms in total. The minimum Gasteiger partial charge on any atom is -0.369 e. The highest BCUT2D eigenvalue weighted by molar-refractivity contribution is 5.99. The van der Waals surface area contributed by atoms with Crippen LogP contribution in [-0.2, 0) is 16.8 Å². The summed E-state index contributed by atoms with van der Waals surface area (Å²) < 4.78 is 0. The van der Waals surface area contributed by atoms with Crippen LogP contribution in [-0.4, -0.2) is 39.6 Å².